The van der Waals surface area contributed by atoms with Gasteiger partial charge in [-0.15, -0.1) is 5.10 Å². The Balaban J connectivity index is 2.03. The van der Waals surface area contributed by atoms with Crippen molar-refractivity contribution >= 4 is 29.2 Å². The van der Waals surface area contributed by atoms with Gasteiger partial charge in [0.1, 0.15) is 0 Å². The summed E-state index contributed by atoms with van der Waals surface area (Å²) in [7, 11) is 0. The second-order valence-corrected chi connectivity index (χ2v) is 5.14. The molecule has 0 atom stereocenters. The van der Waals surface area contributed by atoms with Crippen molar-refractivity contribution in [2.45, 2.75) is 19.4 Å². The first-order chi connectivity index (χ1) is 8.83. The minimum atomic E-state index is -0.975. The number of rotatable bonds is 3. The number of hydrogen-bond donors (Lipinski definition) is 3. The highest BCUT2D eigenvalue weighted by Gasteiger charge is 2.14. The molecule has 2 aromatic rings. The molecule has 102 valence electrons. The lowest BCUT2D eigenvalue weighted by molar-refractivity contribution is 0.0826. The van der Waals surface area contributed by atoms with Crippen LogP contribution in [-0.2, 0) is 0 Å². The van der Waals surface area contributed by atoms with E-state index in [-0.39, 0.29) is 12.5 Å². The molecule has 3 N–H and O–H groups in total. The van der Waals surface area contributed by atoms with Crippen molar-refractivity contribution in [3.05, 3.63) is 23.4 Å². The van der Waals surface area contributed by atoms with Gasteiger partial charge in [-0.1, -0.05) is 11.6 Å². The normalized spacial score (nSPS) is 11.6. The molecule has 0 saturated carbocycles. The number of nitrogens with one attached hydrogen (secondary N) is 2. The fourth-order valence-corrected chi connectivity index (χ4v) is 1.51. The Morgan fingerprint density at radius 1 is 1.53 bits per heavy atom. The van der Waals surface area contributed by atoms with Crippen LogP contribution in [-0.4, -0.2) is 37.9 Å². The van der Waals surface area contributed by atoms with E-state index in [0.29, 0.717) is 10.7 Å². The van der Waals surface area contributed by atoms with Crippen LogP contribution in [0.25, 0.3) is 5.65 Å². The first kappa shape index (κ1) is 13.6. The van der Waals surface area contributed by atoms with Crippen LogP contribution in [0.1, 0.15) is 13.8 Å². The van der Waals surface area contributed by atoms with Crippen molar-refractivity contribution in [3.63, 3.8) is 0 Å². The van der Waals surface area contributed by atoms with Gasteiger partial charge in [-0.25, -0.2) is 9.31 Å². The number of anilines is 1. The Hall–Kier alpha value is -1.86. The summed E-state index contributed by atoms with van der Waals surface area (Å²) in [6.45, 7) is 3.31. The van der Waals surface area contributed by atoms with Gasteiger partial charge in [-0.3, -0.25) is 5.32 Å². The first-order valence-corrected chi connectivity index (χ1v) is 6.00. The maximum Gasteiger partial charge on any atom is 0.321 e. The molecule has 0 aliphatic heterocycles. The Morgan fingerprint density at radius 3 is 2.95 bits per heavy atom. The van der Waals surface area contributed by atoms with Crippen LogP contribution in [0.15, 0.2) is 18.3 Å². The summed E-state index contributed by atoms with van der Waals surface area (Å²) in [4.78, 5) is 15.7. The van der Waals surface area contributed by atoms with E-state index < -0.39 is 11.6 Å². The van der Waals surface area contributed by atoms with Gasteiger partial charge >= 0.3 is 6.03 Å². The number of fused-ring (bicyclic) bond motifs is 1. The zero-order valence-electron chi connectivity index (χ0n) is 10.5. The standard InChI is InChI=1S/C11H14ClN5O2/c1-11(2,19)6-13-10(18)15-9-14-8-4-3-7(12)5-17(8)16-9/h3-5,19H,6H2,1-2H3,(H2,13,15,16,18). The average Bonchev–Trinajstić information content (AvgIpc) is 2.66. The van der Waals surface area contributed by atoms with E-state index in [1.54, 1.807) is 32.2 Å². The van der Waals surface area contributed by atoms with E-state index in [1.807, 2.05) is 0 Å². The van der Waals surface area contributed by atoms with Crippen LogP contribution >= 0.6 is 11.6 Å². The molecule has 0 saturated heterocycles. The summed E-state index contributed by atoms with van der Waals surface area (Å²) in [5, 5.41) is 19.0. The zero-order valence-corrected chi connectivity index (χ0v) is 11.3. The van der Waals surface area contributed by atoms with Gasteiger partial charge in [-0.2, -0.15) is 4.98 Å². The number of urea groups is 1. The van der Waals surface area contributed by atoms with E-state index in [1.165, 1.54) is 4.52 Å². The molecule has 0 aromatic carbocycles. The summed E-state index contributed by atoms with van der Waals surface area (Å²) >= 11 is 5.82. The molecule has 2 heterocycles. The fourth-order valence-electron chi connectivity index (χ4n) is 1.35. The highest BCUT2D eigenvalue weighted by Crippen LogP contribution is 2.11. The number of halogens is 1. The third-order valence-corrected chi connectivity index (χ3v) is 2.43. The Morgan fingerprint density at radius 2 is 2.26 bits per heavy atom. The van der Waals surface area contributed by atoms with Crippen molar-refractivity contribution in [3.8, 4) is 0 Å². The molecule has 2 amide bonds. The monoisotopic (exact) mass is 283 g/mol. The van der Waals surface area contributed by atoms with Crippen LogP contribution in [0, 0.1) is 0 Å². The molecule has 0 unspecified atom stereocenters. The highest BCUT2D eigenvalue weighted by atomic mass is 35.5. The molecule has 0 bridgehead atoms. The maximum absolute atomic E-state index is 11.6. The summed E-state index contributed by atoms with van der Waals surface area (Å²) in [5.74, 6) is 0.163. The van der Waals surface area contributed by atoms with E-state index in [9.17, 15) is 9.90 Å². The molecule has 8 heteroatoms. The number of pyridine rings is 1. The summed E-state index contributed by atoms with van der Waals surface area (Å²) in [6, 6.07) is 2.89. The van der Waals surface area contributed by atoms with Crippen LogP contribution < -0.4 is 10.6 Å². The molecule has 0 aliphatic carbocycles. The average molecular weight is 284 g/mol. The van der Waals surface area contributed by atoms with Gasteiger partial charge in [0.05, 0.1) is 10.6 Å². The van der Waals surface area contributed by atoms with Crippen molar-refractivity contribution in [2.75, 3.05) is 11.9 Å². The van der Waals surface area contributed by atoms with Gasteiger partial charge in [0.15, 0.2) is 5.65 Å². The maximum atomic E-state index is 11.6. The molecule has 2 aromatic heterocycles. The zero-order chi connectivity index (χ0) is 14.0. The second kappa shape index (κ2) is 5.02. The van der Waals surface area contributed by atoms with Crippen molar-refractivity contribution in [1.29, 1.82) is 0 Å². The topological polar surface area (TPSA) is 91.5 Å². The number of hydrogen-bond acceptors (Lipinski definition) is 4. The predicted octanol–water partition coefficient (Wildman–Crippen LogP) is 1.28. The van der Waals surface area contributed by atoms with E-state index in [2.05, 4.69) is 20.7 Å². The van der Waals surface area contributed by atoms with Crippen molar-refractivity contribution in [2.24, 2.45) is 0 Å². The molecule has 0 radical (unpaired) electrons. The number of aliphatic hydroxyl groups is 1. The summed E-state index contributed by atoms with van der Waals surface area (Å²) < 4.78 is 1.47. The highest BCUT2D eigenvalue weighted by molar-refractivity contribution is 6.30. The SMILES string of the molecule is CC(C)(O)CNC(=O)Nc1nc2ccc(Cl)cn2n1. The van der Waals surface area contributed by atoms with Gasteiger partial charge in [-0.05, 0) is 26.0 Å². The molecule has 0 spiro atoms. The molecule has 0 aliphatic rings. The van der Waals surface area contributed by atoms with E-state index >= 15 is 0 Å². The molecule has 0 fully saturated rings. The van der Waals surface area contributed by atoms with E-state index in [4.69, 9.17) is 11.6 Å². The van der Waals surface area contributed by atoms with Crippen LogP contribution in [0.5, 0.6) is 0 Å². The number of amides is 2. The Bertz CT molecular complexity index is 605. The third kappa shape index (κ3) is 3.80. The van der Waals surface area contributed by atoms with Crippen molar-refractivity contribution < 1.29 is 9.90 Å². The first-order valence-electron chi connectivity index (χ1n) is 5.63. The largest absolute Gasteiger partial charge is 0.389 e. The number of nitrogens with zero attached hydrogens (tertiary/aromatic N) is 3. The fraction of sp³-hybridized carbons (Fsp3) is 0.364. The minimum Gasteiger partial charge on any atom is -0.389 e. The molecular weight excluding hydrogens is 270 g/mol. The molecule has 19 heavy (non-hydrogen) atoms. The van der Waals surface area contributed by atoms with Gasteiger partial charge in [0, 0.05) is 12.7 Å². The van der Waals surface area contributed by atoms with Gasteiger partial charge in [0.2, 0.25) is 0 Å². The number of carbonyl (C=O) groups excluding carboxylic acids is 1. The van der Waals surface area contributed by atoms with Crippen molar-refractivity contribution in [1.82, 2.24) is 19.9 Å². The van der Waals surface area contributed by atoms with E-state index in [0.717, 1.165) is 0 Å². The second-order valence-electron chi connectivity index (χ2n) is 4.71. The lowest BCUT2D eigenvalue weighted by Crippen LogP contribution is -2.40. The van der Waals surface area contributed by atoms with Crippen LogP contribution in [0.2, 0.25) is 5.02 Å². The van der Waals surface area contributed by atoms with Gasteiger partial charge < -0.3 is 10.4 Å². The van der Waals surface area contributed by atoms with Gasteiger partial charge in [0.25, 0.3) is 5.95 Å². The summed E-state index contributed by atoms with van der Waals surface area (Å²) in [6.07, 6.45) is 1.59. The Kier molecular flexibility index (Phi) is 3.59. The summed E-state index contributed by atoms with van der Waals surface area (Å²) in [5.41, 5.74) is -0.404. The smallest absolute Gasteiger partial charge is 0.321 e. The minimum absolute atomic E-state index is 0.123. The quantitative estimate of drug-likeness (QED) is 0.791. The van der Waals surface area contributed by atoms with Crippen LogP contribution in [0.4, 0.5) is 10.7 Å². The predicted molar refractivity (Wildman–Crippen MR) is 71.3 cm³/mol. The Labute approximate surface area is 114 Å². The van der Waals surface area contributed by atoms with Crippen LogP contribution in [0.3, 0.4) is 0 Å². The number of aromatic nitrogens is 3. The lowest BCUT2D eigenvalue weighted by Gasteiger charge is -2.17. The molecule has 2 rings (SSSR count). The third-order valence-electron chi connectivity index (χ3n) is 2.20. The molecular formula is C11H14ClN5O2. The number of carbonyl (C=O) groups is 1. The lowest BCUT2D eigenvalue weighted by atomic mass is 10.1. The molecule has 7 nitrogen and oxygen atoms in total.